The number of aliphatic hydroxyl groups excluding tert-OH is 1. The number of carbonyl (C=O) groups is 5. The van der Waals surface area contributed by atoms with Crippen LogP contribution in [0.15, 0.2) is 243 Å². The van der Waals surface area contributed by atoms with Crippen LogP contribution in [0.4, 0.5) is 0 Å². The number of hydrogen-bond acceptors (Lipinski definition) is 10. The molecule has 10 rings (SSSR count). The summed E-state index contributed by atoms with van der Waals surface area (Å²) < 4.78 is 3.07. The van der Waals surface area contributed by atoms with Crippen molar-refractivity contribution in [3.8, 4) is 34.2 Å². The van der Waals surface area contributed by atoms with E-state index >= 15 is 0 Å². The third-order valence-corrected chi connectivity index (χ3v) is 12.8. The van der Waals surface area contributed by atoms with Crippen LogP contribution >= 0.6 is 0 Å². The van der Waals surface area contributed by atoms with Crippen LogP contribution in [-0.2, 0) is 40.3 Å². The van der Waals surface area contributed by atoms with Crippen molar-refractivity contribution in [1.29, 1.82) is 0 Å². The highest BCUT2D eigenvalue weighted by atomic mass is 16.3. The lowest BCUT2D eigenvalue weighted by Gasteiger charge is -2.24. The van der Waals surface area contributed by atoms with Gasteiger partial charge in [0.2, 0.25) is 5.78 Å². The van der Waals surface area contributed by atoms with Crippen molar-refractivity contribution in [1.82, 2.24) is 50.8 Å². The largest absolute Gasteiger partial charge is 0.381 e. The van der Waals surface area contributed by atoms with E-state index in [1.165, 1.54) is 4.68 Å². The van der Waals surface area contributed by atoms with Gasteiger partial charge in [-0.2, -0.15) is 10.2 Å². The van der Waals surface area contributed by atoms with Gasteiger partial charge in [-0.1, -0.05) is 182 Å². The molecule has 5 N–H and O–H groups in total. The third-order valence-electron chi connectivity index (χ3n) is 12.8. The molecular formula is C64H56N10O6. The molecule has 3 atom stereocenters. The minimum atomic E-state index is -1.48. The van der Waals surface area contributed by atoms with Crippen molar-refractivity contribution < 1.29 is 29.1 Å². The third kappa shape index (κ3) is 14.5. The number of carbonyl (C=O) groups excluding carboxylic acids is 5. The number of benzene rings is 6. The van der Waals surface area contributed by atoms with E-state index in [0.717, 1.165) is 44.8 Å². The van der Waals surface area contributed by atoms with Gasteiger partial charge in [0.05, 0.1) is 28.6 Å². The number of hydrogen-bond donors (Lipinski definition) is 5. The first-order valence-electron chi connectivity index (χ1n) is 25.8. The lowest BCUT2D eigenvalue weighted by atomic mass is 10.00. The minimum absolute atomic E-state index is 0.152. The molecule has 0 fully saturated rings. The Morgan fingerprint density at radius 3 is 1.30 bits per heavy atom. The smallest absolute Gasteiger partial charge is 0.289 e. The molecule has 0 saturated heterocycles. The van der Waals surface area contributed by atoms with Crippen LogP contribution in [0.5, 0.6) is 0 Å². The van der Waals surface area contributed by atoms with Gasteiger partial charge in [-0.25, -0.2) is 19.3 Å². The zero-order chi connectivity index (χ0) is 55.5. The lowest BCUT2D eigenvalue weighted by Crippen LogP contribution is -2.51. The van der Waals surface area contributed by atoms with Gasteiger partial charge >= 0.3 is 0 Å². The number of aliphatic hydroxyl groups is 1. The molecule has 4 aromatic heterocycles. The second-order valence-electron chi connectivity index (χ2n) is 18.4. The van der Waals surface area contributed by atoms with Crippen LogP contribution in [0.25, 0.3) is 34.2 Å². The van der Waals surface area contributed by atoms with E-state index in [0.29, 0.717) is 11.6 Å². The predicted octanol–water partition coefficient (Wildman–Crippen LogP) is 8.11. The van der Waals surface area contributed by atoms with Crippen molar-refractivity contribution in [2.75, 3.05) is 0 Å². The molecule has 0 aliphatic heterocycles. The summed E-state index contributed by atoms with van der Waals surface area (Å²) in [7, 11) is 0. The summed E-state index contributed by atoms with van der Waals surface area (Å²) in [6, 6.07) is 65.0. The molecule has 10 aromatic rings. The Balaban J connectivity index is 0.000000194. The van der Waals surface area contributed by atoms with Crippen molar-refractivity contribution in [2.24, 2.45) is 0 Å². The van der Waals surface area contributed by atoms with E-state index in [1.807, 2.05) is 194 Å². The quantitative estimate of drug-likeness (QED) is 0.0462. The number of pyridine rings is 2. The molecular weight excluding hydrogens is 1000 g/mol. The number of aromatic nitrogens is 6. The molecule has 3 unspecified atom stereocenters. The molecule has 16 heteroatoms. The standard InChI is InChI=1S/C32H29N5O3.C32H27N5O3/c2*38-29(32(40)34-22-24-13-6-2-7-14-24)28(21-23-11-4-1-5-12-23)35-31(39)26-17-10-19-33-30(26)37-20-18-27(36-37)25-15-8-3-9-16-25/h1-20,28-29,38H,21-22H2,(H,34,40)(H,35,39);1-20,28H,21-22H2,(H,34,40)(H,35,39). The summed E-state index contributed by atoms with van der Waals surface area (Å²) >= 11 is 0. The maximum atomic E-state index is 13.6. The highest BCUT2D eigenvalue weighted by molar-refractivity contribution is 6.38. The number of amides is 4. The molecule has 4 heterocycles. The van der Waals surface area contributed by atoms with Crippen LogP contribution in [0.3, 0.4) is 0 Å². The van der Waals surface area contributed by atoms with Crippen LogP contribution in [0, 0.1) is 0 Å². The normalized spacial score (nSPS) is 11.9. The number of nitrogens with one attached hydrogen (secondary N) is 4. The van der Waals surface area contributed by atoms with E-state index in [1.54, 1.807) is 53.7 Å². The molecule has 0 spiro atoms. The fraction of sp³-hybridized carbons (Fsp3) is 0.109. The van der Waals surface area contributed by atoms with Gasteiger partial charge in [0.1, 0.15) is 6.04 Å². The van der Waals surface area contributed by atoms with Gasteiger partial charge in [-0.3, -0.25) is 24.0 Å². The Labute approximate surface area is 462 Å². The molecule has 398 valence electrons. The van der Waals surface area contributed by atoms with Gasteiger partial charge in [0.25, 0.3) is 23.6 Å². The average molecular weight is 1060 g/mol. The Hall–Kier alpha value is -10.5. The van der Waals surface area contributed by atoms with Crippen molar-refractivity contribution >= 4 is 29.4 Å². The summed E-state index contributed by atoms with van der Waals surface area (Å²) in [4.78, 5) is 75.0. The first kappa shape index (κ1) is 54.3. The summed E-state index contributed by atoms with van der Waals surface area (Å²) in [6.45, 7) is 0.464. The topological polar surface area (TPSA) is 215 Å². The summed E-state index contributed by atoms with van der Waals surface area (Å²) in [5.74, 6) is -2.44. The second-order valence-corrected chi connectivity index (χ2v) is 18.4. The van der Waals surface area contributed by atoms with Gasteiger partial charge in [-0.05, 0) is 65.1 Å². The Kier molecular flexibility index (Phi) is 18.4. The summed E-state index contributed by atoms with van der Waals surface area (Å²) in [5, 5.41) is 31.4. The molecule has 0 radical (unpaired) electrons. The Morgan fingerprint density at radius 1 is 0.438 bits per heavy atom. The van der Waals surface area contributed by atoms with E-state index in [2.05, 4.69) is 41.4 Å². The van der Waals surface area contributed by atoms with Crippen molar-refractivity contribution in [3.63, 3.8) is 0 Å². The van der Waals surface area contributed by atoms with Crippen LogP contribution < -0.4 is 21.3 Å². The fourth-order valence-electron chi connectivity index (χ4n) is 8.67. The maximum Gasteiger partial charge on any atom is 0.289 e. The number of Topliss-reactive ketones (excluding diaryl/α,β-unsaturated/α-hetero) is 1. The van der Waals surface area contributed by atoms with Crippen LogP contribution in [0.1, 0.15) is 43.0 Å². The molecule has 6 aromatic carbocycles. The van der Waals surface area contributed by atoms with E-state index < -0.39 is 47.6 Å². The molecule has 80 heavy (non-hydrogen) atoms. The summed E-state index contributed by atoms with van der Waals surface area (Å²) in [6.07, 6.45) is 5.55. The van der Waals surface area contributed by atoms with E-state index in [9.17, 15) is 29.1 Å². The molecule has 0 bridgehead atoms. The van der Waals surface area contributed by atoms with Crippen molar-refractivity contribution in [3.05, 3.63) is 277 Å². The van der Waals surface area contributed by atoms with Crippen LogP contribution in [-0.4, -0.2) is 82.2 Å². The van der Waals surface area contributed by atoms with Gasteiger partial charge in [-0.15, -0.1) is 0 Å². The number of nitrogens with zero attached hydrogens (tertiary/aromatic N) is 6. The zero-order valence-corrected chi connectivity index (χ0v) is 43.3. The average Bonchev–Trinajstić information content (AvgIpc) is 4.25. The highest BCUT2D eigenvalue weighted by Gasteiger charge is 2.31. The highest BCUT2D eigenvalue weighted by Crippen LogP contribution is 2.22. The molecule has 0 aliphatic carbocycles. The van der Waals surface area contributed by atoms with Crippen LogP contribution in [0.2, 0.25) is 0 Å². The Bertz CT molecular complexity index is 3640. The first-order chi connectivity index (χ1) is 39.2. The summed E-state index contributed by atoms with van der Waals surface area (Å²) in [5.41, 5.74) is 7.27. The van der Waals surface area contributed by atoms with E-state index in [-0.39, 0.29) is 37.1 Å². The van der Waals surface area contributed by atoms with Gasteiger partial charge in [0.15, 0.2) is 17.7 Å². The molecule has 4 amide bonds. The van der Waals surface area contributed by atoms with Crippen molar-refractivity contribution in [2.45, 2.75) is 44.1 Å². The lowest BCUT2D eigenvalue weighted by molar-refractivity contribution is -0.139. The number of rotatable bonds is 20. The zero-order valence-electron chi connectivity index (χ0n) is 43.3. The second kappa shape index (κ2) is 27.0. The SMILES string of the molecule is O=C(NC(Cc1ccccc1)C(O)C(=O)NCc1ccccc1)c1cccnc1-n1ccc(-c2ccccc2)n1.O=C(NCc1ccccc1)C(=O)C(Cc1ccccc1)NC(=O)c1cccnc1-n1ccc(-c2ccccc2)n1. The predicted molar refractivity (Wildman–Crippen MR) is 304 cm³/mol. The monoisotopic (exact) mass is 1060 g/mol. The Morgan fingerprint density at radius 2 is 0.838 bits per heavy atom. The minimum Gasteiger partial charge on any atom is -0.381 e. The van der Waals surface area contributed by atoms with E-state index in [4.69, 9.17) is 0 Å². The van der Waals surface area contributed by atoms with Gasteiger partial charge < -0.3 is 26.4 Å². The van der Waals surface area contributed by atoms with Gasteiger partial charge in [0, 0.05) is 55.4 Å². The number of ketones is 1. The fourth-order valence-corrected chi connectivity index (χ4v) is 8.67. The molecule has 16 nitrogen and oxygen atoms in total. The maximum absolute atomic E-state index is 13.6. The first-order valence-corrected chi connectivity index (χ1v) is 25.8. The molecule has 0 aliphatic rings. The molecule has 0 saturated carbocycles.